The highest BCUT2D eigenvalue weighted by Crippen LogP contribution is 2.33. The molecule has 1 aliphatic rings. The molecule has 1 fully saturated rings. The van der Waals surface area contributed by atoms with E-state index >= 15 is 0 Å². The fraction of sp³-hybridized carbons (Fsp3) is 0.278. The fourth-order valence-electron chi connectivity index (χ4n) is 2.91. The second-order valence-corrected chi connectivity index (χ2v) is 6.05. The standard InChI is InChI=1S/C18H17ClN2/c19-16-7-3-14(4-8-16)15-5-9-17(10-6-15)21-18(13-20)11-1-2-12-18/h3-10,21H,1-2,11-12H2. The van der Waals surface area contributed by atoms with Crippen LogP contribution in [0.4, 0.5) is 5.69 Å². The molecule has 0 spiro atoms. The van der Waals surface area contributed by atoms with Gasteiger partial charge in [0.05, 0.1) is 6.07 Å². The van der Waals surface area contributed by atoms with Crippen LogP contribution in [0.5, 0.6) is 0 Å². The first kappa shape index (κ1) is 14.0. The Labute approximate surface area is 130 Å². The van der Waals surface area contributed by atoms with Gasteiger partial charge in [0.2, 0.25) is 0 Å². The van der Waals surface area contributed by atoms with Gasteiger partial charge in [0.25, 0.3) is 0 Å². The van der Waals surface area contributed by atoms with Gasteiger partial charge in [-0.1, -0.05) is 35.9 Å². The summed E-state index contributed by atoms with van der Waals surface area (Å²) >= 11 is 5.91. The SMILES string of the molecule is N#CC1(Nc2ccc(-c3ccc(Cl)cc3)cc2)CCCC1. The van der Waals surface area contributed by atoms with Crippen LogP contribution in [0, 0.1) is 11.3 Å². The maximum absolute atomic E-state index is 9.41. The van der Waals surface area contributed by atoms with Crippen LogP contribution in [0.15, 0.2) is 48.5 Å². The van der Waals surface area contributed by atoms with E-state index in [2.05, 4.69) is 23.5 Å². The first-order valence-electron chi connectivity index (χ1n) is 7.26. The van der Waals surface area contributed by atoms with E-state index in [-0.39, 0.29) is 5.54 Å². The third kappa shape index (κ3) is 3.04. The smallest absolute Gasteiger partial charge is 0.125 e. The normalized spacial score (nSPS) is 16.4. The van der Waals surface area contributed by atoms with Crippen molar-refractivity contribution >= 4 is 17.3 Å². The summed E-state index contributed by atoms with van der Waals surface area (Å²) < 4.78 is 0. The lowest BCUT2D eigenvalue weighted by molar-refractivity contribution is 0.613. The van der Waals surface area contributed by atoms with Gasteiger partial charge < -0.3 is 5.32 Å². The van der Waals surface area contributed by atoms with Crippen LogP contribution < -0.4 is 5.32 Å². The van der Waals surface area contributed by atoms with Crippen LogP contribution in [0.1, 0.15) is 25.7 Å². The van der Waals surface area contributed by atoms with Gasteiger partial charge >= 0.3 is 0 Å². The first-order valence-corrected chi connectivity index (χ1v) is 7.64. The Bertz CT molecular complexity index is 647. The highest BCUT2D eigenvalue weighted by atomic mass is 35.5. The van der Waals surface area contributed by atoms with Crippen LogP contribution >= 0.6 is 11.6 Å². The van der Waals surface area contributed by atoms with Crippen molar-refractivity contribution in [1.82, 2.24) is 0 Å². The molecule has 3 rings (SSSR count). The predicted octanol–water partition coefficient (Wildman–Crippen LogP) is 5.26. The predicted molar refractivity (Wildman–Crippen MR) is 87.3 cm³/mol. The summed E-state index contributed by atoms with van der Waals surface area (Å²) in [6.07, 6.45) is 4.12. The summed E-state index contributed by atoms with van der Waals surface area (Å²) in [5.41, 5.74) is 2.93. The van der Waals surface area contributed by atoms with Crippen molar-refractivity contribution < 1.29 is 0 Å². The van der Waals surface area contributed by atoms with Gasteiger partial charge in [-0.05, 0) is 61.1 Å². The number of benzene rings is 2. The van der Waals surface area contributed by atoms with Crippen molar-refractivity contribution in [3.63, 3.8) is 0 Å². The van der Waals surface area contributed by atoms with E-state index in [1.807, 2.05) is 36.4 Å². The molecular weight excluding hydrogens is 280 g/mol. The molecule has 0 aromatic heterocycles. The van der Waals surface area contributed by atoms with E-state index in [0.717, 1.165) is 47.5 Å². The van der Waals surface area contributed by atoms with E-state index in [4.69, 9.17) is 11.6 Å². The third-order valence-corrected chi connectivity index (χ3v) is 4.37. The van der Waals surface area contributed by atoms with E-state index < -0.39 is 0 Å². The van der Waals surface area contributed by atoms with Crippen LogP contribution in [0.2, 0.25) is 5.02 Å². The Morgan fingerprint density at radius 1 is 0.905 bits per heavy atom. The molecule has 0 amide bonds. The minimum absolute atomic E-state index is 0.373. The largest absolute Gasteiger partial charge is 0.367 e. The van der Waals surface area contributed by atoms with E-state index in [1.54, 1.807) is 0 Å². The Morgan fingerprint density at radius 3 is 1.95 bits per heavy atom. The lowest BCUT2D eigenvalue weighted by Gasteiger charge is -2.23. The second kappa shape index (κ2) is 5.79. The monoisotopic (exact) mass is 296 g/mol. The number of nitriles is 1. The molecule has 0 radical (unpaired) electrons. The zero-order valence-corrected chi connectivity index (χ0v) is 12.5. The van der Waals surface area contributed by atoms with Gasteiger partial charge in [-0.15, -0.1) is 0 Å². The highest BCUT2D eigenvalue weighted by Gasteiger charge is 2.33. The lowest BCUT2D eigenvalue weighted by atomic mass is 9.99. The van der Waals surface area contributed by atoms with Crippen molar-refractivity contribution in [1.29, 1.82) is 5.26 Å². The molecule has 1 aliphatic carbocycles. The van der Waals surface area contributed by atoms with Crippen molar-refractivity contribution in [2.45, 2.75) is 31.2 Å². The summed E-state index contributed by atoms with van der Waals surface area (Å²) in [4.78, 5) is 0. The summed E-state index contributed by atoms with van der Waals surface area (Å²) in [7, 11) is 0. The molecule has 1 saturated carbocycles. The maximum atomic E-state index is 9.41. The second-order valence-electron chi connectivity index (χ2n) is 5.61. The minimum Gasteiger partial charge on any atom is -0.367 e. The molecule has 0 bridgehead atoms. The molecule has 0 atom stereocenters. The van der Waals surface area contributed by atoms with Crippen LogP contribution in [0.25, 0.3) is 11.1 Å². The number of hydrogen-bond acceptors (Lipinski definition) is 2. The summed E-state index contributed by atoms with van der Waals surface area (Å²) in [5.74, 6) is 0. The number of nitrogens with one attached hydrogen (secondary N) is 1. The Hall–Kier alpha value is -1.98. The molecular formula is C18H17ClN2. The third-order valence-electron chi connectivity index (χ3n) is 4.12. The molecule has 21 heavy (non-hydrogen) atoms. The molecule has 0 aliphatic heterocycles. The van der Waals surface area contributed by atoms with Gasteiger partial charge in [0.1, 0.15) is 5.54 Å². The van der Waals surface area contributed by atoms with E-state index in [9.17, 15) is 5.26 Å². The van der Waals surface area contributed by atoms with Crippen molar-refractivity contribution in [2.75, 3.05) is 5.32 Å². The highest BCUT2D eigenvalue weighted by molar-refractivity contribution is 6.30. The van der Waals surface area contributed by atoms with E-state index in [1.165, 1.54) is 0 Å². The zero-order chi connectivity index (χ0) is 14.7. The molecule has 106 valence electrons. The summed E-state index contributed by atoms with van der Waals surface area (Å²) in [6, 6.07) is 18.5. The minimum atomic E-state index is -0.373. The average molecular weight is 297 g/mol. The maximum Gasteiger partial charge on any atom is 0.125 e. The summed E-state index contributed by atoms with van der Waals surface area (Å²) in [5, 5.41) is 13.6. The van der Waals surface area contributed by atoms with Gasteiger partial charge in [0.15, 0.2) is 0 Å². The number of rotatable bonds is 3. The van der Waals surface area contributed by atoms with Gasteiger partial charge in [-0.3, -0.25) is 0 Å². The molecule has 0 unspecified atom stereocenters. The number of nitrogens with zero attached hydrogens (tertiary/aromatic N) is 1. The number of anilines is 1. The topological polar surface area (TPSA) is 35.8 Å². The van der Waals surface area contributed by atoms with Crippen molar-refractivity contribution in [3.8, 4) is 17.2 Å². The van der Waals surface area contributed by atoms with Crippen molar-refractivity contribution in [2.24, 2.45) is 0 Å². The Balaban J connectivity index is 1.78. The van der Waals surface area contributed by atoms with Gasteiger partial charge in [-0.25, -0.2) is 0 Å². The number of hydrogen-bond donors (Lipinski definition) is 1. The lowest BCUT2D eigenvalue weighted by Crippen LogP contribution is -2.32. The van der Waals surface area contributed by atoms with Crippen LogP contribution in [-0.4, -0.2) is 5.54 Å². The molecule has 3 heteroatoms. The molecule has 0 saturated heterocycles. The van der Waals surface area contributed by atoms with Crippen LogP contribution in [-0.2, 0) is 0 Å². The Kier molecular flexibility index (Phi) is 3.86. The van der Waals surface area contributed by atoms with Gasteiger partial charge in [-0.2, -0.15) is 5.26 Å². The summed E-state index contributed by atoms with van der Waals surface area (Å²) in [6.45, 7) is 0. The van der Waals surface area contributed by atoms with E-state index in [0.29, 0.717) is 0 Å². The fourth-order valence-corrected chi connectivity index (χ4v) is 3.03. The zero-order valence-electron chi connectivity index (χ0n) is 11.8. The molecule has 2 aromatic carbocycles. The molecule has 2 nitrogen and oxygen atoms in total. The molecule has 0 heterocycles. The first-order chi connectivity index (χ1) is 10.2. The van der Waals surface area contributed by atoms with Crippen molar-refractivity contribution in [3.05, 3.63) is 53.6 Å². The molecule has 1 N–H and O–H groups in total. The average Bonchev–Trinajstić information content (AvgIpc) is 2.98. The number of halogens is 1. The van der Waals surface area contributed by atoms with Gasteiger partial charge in [0, 0.05) is 10.7 Å². The van der Waals surface area contributed by atoms with Crippen LogP contribution in [0.3, 0.4) is 0 Å². The quantitative estimate of drug-likeness (QED) is 0.839. The Morgan fingerprint density at radius 2 is 1.43 bits per heavy atom. The molecule has 2 aromatic rings.